The Morgan fingerprint density at radius 1 is 1.04 bits per heavy atom. The van der Waals surface area contributed by atoms with Crippen molar-refractivity contribution in [1.29, 1.82) is 0 Å². The first-order chi connectivity index (χ1) is 13.1. The third-order valence-corrected chi connectivity index (χ3v) is 4.34. The first kappa shape index (κ1) is 20.9. The van der Waals surface area contributed by atoms with Crippen molar-refractivity contribution in [1.82, 2.24) is 0 Å². The molecule has 146 valence electrons. The summed E-state index contributed by atoms with van der Waals surface area (Å²) in [4.78, 5) is 34.9. The van der Waals surface area contributed by atoms with Crippen molar-refractivity contribution in [3.8, 4) is 0 Å². The average molecular weight is 405 g/mol. The molecule has 0 spiro atoms. The molecule has 11 heteroatoms. The van der Waals surface area contributed by atoms with Gasteiger partial charge in [0.05, 0.1) is 16.1 Å². The van der Waals surface area contributed by atoms with Crippen LogP contribution in [0, 0.1) is 0 Å². The number of Topliss-reactive ketones (excluding diaryl/α,β-unsaturated/α-hetero) is 1. The lowest BCUT2D eigenvalue weighted by Gasteiger charge is -2.10. The molecule has 0 aliphatic heterocycles. The van der Waals surface area contributed by atoms with Crippen LogP contribution in [-0.2, 0) is 19.7 Å². The lowest BCUT2D eigenvalue weighted by molar-refractivity contribution is -0.126. The number of ketones is 1. The molecule has 0 fully saturated rings. The molecular formula is C17H15N3O7S. The second kappa shape index (κ2) is 8.50. The molecule has 0 aliphatic carbocycles. The van der Waals surface area contributed by atoms with E-state index in [1.165, 1.54) is 36.4 Å². The number of benzene rings is 2. The van der Waals surface area contributed by atoms with Crippen molar-refractivity contribution < 1.29 is 32.5 Å². The zero-order valence-corrected chi connectivity index (χ0v) is 15.3. The molecule has 1 amide bonds. The minimum Gasteiger partial charge on any atom is -0.478 e. The van der Waals surface area contributed by atoms with Gasteiger partial charge in [0.2, 0.25) is 6.04 Å². The van der Waals surface area contributed by atoms with Crippen molar-refractivity contribution in [3.05, 3.63) is 54.1 Å². The van der Waals surface area contributed by atoms with Crippen LogP contribution in [0.2, 0.25) is 0 Å². The number of carboxylic acids is 1. The van der Waals surface area contributed by atoms with Gasteiger partial charge >= 0.3 is 5.97 Å². The van der Waals surface area contributed by atoms with E-state index in [2.05, 4.69) is 15.5 Å². The van der Waals surface area contributed by atoms with Gasteiger partial charge in [0.1, 0.15) is 0 Å². The Kier molecular flexibility index (Phi) is 6.33. The number of amides is 1. The molecule has 0 aliphatic rings. The molecule has 1 atom stereocenters. The molecule has 0 bridgehead atoms. The number of rotatable bonds is 7. The highest BCUT2D eigenvalue weighted by atomic mass is 32.2. The number of carboxylic acid groups (broad SMARTS) is 1. The van der Waals surface area contributed by atoms with Crippen LogP contribution < -0.4 is 5.32 Å². The fourth-order valence-corrected chi connectivity index (χ4v) is 2.58. The van der Waals surface area contributed by atoms with E-state index >= 15 is 0 Å². The van der Waals surface area contributed by atoms with E-state index in [9.17, 15) is 22.8 Å². The van der Waals surface area contributed by atoms with Crippen LogP contribution in [0.15, 0.2) is 63.7 Å². The topological polar surface area (TPSA) is 163 Å². The van der Waals surface area contributed by atoms with E-state index < -0.39 is 33.8 Å². The number of nitrogens with one attached hydrogen (secondary N) is 1. The van der Waals surface area contributed by atoms with Crippen LogP contribution >= 0.6 is 0 Å². The van der Waals surface area contributed by atoms with Crippen molar-refractivity contribution >= 4 is 39.2 Å². The third-order valence-electron chi connectivity index (χ3n) is 3.47. The Morgan fingerprint density at radius 3 is 2.18 bits per heavy atom. The average Bonchev–Trinajstić information content (AvgIpc) is 2.61. The smallest absolute Gasteiger partial charge is 0.337 e. The maximum Gasteiger partial charge on any atom is 0.337 e. The zero-order chi connectivity index (χ0) is 20.9. The number of carbonyl (C=O) groups excluding carboxylic acids is 2. The molecule has 1 unspecified atom stereocenters. The summed E-state index contributed by atoms with van der Waals surface area (Å²) in [6.45, 7) is 1.12. The summed E-state index contributed by atoms with van der Waals surface area (Å²) in [5, 5.41) is 18.8. The fraction of sp³-hybridized carbons (Fsp3) is 0.118. The lowest BCUT2D eigenvalue weighted by Crippen LogP contribution is -2.31. The van der Waals surface area contributed by atoms with Crippen LogP contribution in [0.5, 0.6) is 0 Å². The van der Waals surface area contributed by atoms with Gasteiger partial charge in [-0.25, -0.2) is 4.79 Å². The Labute approximate surface area is 159 Å². The second-order valence-corrected chi connectivity index (χ2v) is 6.96. The molecule has 2 aromatic rings. The number of nitrogens with zero attached hydrogens (tertiary/aromatic N) is 2. The summed E-state index contributed by atoms with van der Waals surface area (Å²) in [6, 6.07) is 8.73. The molecular weight excluding hydrogens is 390 g/mol. The molecule has 0 saturated heterocycles. The zero-order valence-electron chi connectivity index (χ0n) is 14.4. The van der Waals surface area contributed by atoms with Gasteiger partial charge in [-0.2, -0.15) is 18.6 Å². The van der Waals surface area contributed by atoms with E-state index in [-0.39, 0.29) is 21.8 Å². The van der Waals surface area contributed by atoms with Crippen molar-refractivity contribution in [2.45, 2.75) is 17.9 Å². The number of hydrogen-bond donors (Lipinski definition) is 3. The van der Waals surface area contributed by atoms with E-state index in [1.807, 2.05) is 0 Å². The molecule has 0 saturated carbocycles. The number of hydrogen-bond acceptors (Lipinski definition) is 7. The van der Waals surface area contributed by atoms with Crippen LogP contribution in [0.25, 0.3) is 0 Å². The predicted molar refractivity (Wildman–Crippen MR) is 97.3 cm³/mol. The van der Waals surface area contributed by atoms with E-state index in [4.69, 9.17) is 9.66 Å². The monoisotopic (exact) mass is 405 g/mol. The van der Waals surface area contributed by atoms with Gasteiger partial charge in [-0.05, 0) is 43.3 Å². The third kappa shape index (κ3) is 5.28. The number of carbonyl (C=O) groups is 3. The number of aromatic carboxylic acids is 1. The second-order valence-electron chi connectivity index (χ2n) is 5.54. The van der Waals surface area contributed by atoms with Gasteiger partial charge in [0.15, 0.2) is 5.78 Å². The number of anilines is 1. The van der Waals surface area contributed by atoms with E-state index in [0.29, 0.717) is 0 Å². The Bertz CT molecular complexity index is 1050. The largest absolute Gasteiger partial charge is 0.478 e. The first-order valence-corrected chi connectivity index (χ1v) is 9.15. The highest BCUT2D eigenvalue weighted by molar-refractivity contribution is 7.85. The van der Waals surface area contributed by atoms with Gasteiger partial charge in [0.25, 0.3) is 16.0 Å². The van der Waals surface area contributed by atoms with Gasteiger partial charge in [-0.3, -0.25) is 14.1 Å². The van der Waals surface area contributed by atoms with Gasteiger partial charge in [0, 0.05) is 5.69 Å². The molecule has 2 aromatic carbocycles. The minimum atomic E-state index is -4.38. The van der Waals surface area contributed by atoms with Gasteiger partial charge in [-0.15, -0.1) is 0 Å². The quantitative estimate of drug-likeness (QED) is 0.361. The van der Waals surface area contributed by atoms with Crippen molar-refractivity contribution in [3.63, 3.8) is 0 Å². The standard InChI is InChI=1S/C17H15N3O7S/c1-10(21)15(20-19-14-5-3-2-4-13(14)17(23)24)16(22)18-11-6-8-12(9-7-11)28(25,26)27/h2-9,15H,1H3,(H,18,22)(H,23,24)(H,25,26,27). The summed E-state index contributed by atoms with van der Waals surface area (Å²) in [5.74, 6) is -2.72. The summed E-state index contributed by atoms with van der Waals surface area (Å²) < 4.78 is 31.0. The Balaban J connectivity index is 2.21. The molecule has 10 nitrogen and oxygen atoms in total. The number of azo groups is 1. The predicted octanol–water partition coefficient (Wildman–Crippen LogP) is 2.31. The highest BCUT2D eigenvalue weighted by Gasteiger charge is 2.23. The summed E-state index contributed by atoms with van der Waals surface area (Å²) >= 11 is 0. The first-order valence-electron chi connectivity index (χ1n) is 7.71. The van der Waals surface area contributed by atoms with Crippen LogP contribution in [0.1, 0.15) is 17.3 Å². The minimum absolute atomic E-state index is 0.0217. The van der Waals surface area contributed by atoms with Gasteiger partial charge < -0.3 is 10.4 Å². The maximum absolute atomic E-state index is 12.3. The molecule has 28 heavy (non-hydrogen) atoms. The normalized spacial score (nSPS) is 12.5. The van der Waals surface area contributed by atoms with Crippen LogP contribution in [-0.4, -0.2) is 41.8 Å². The lowest BCUT2D eigenvalue weighted by atomic mass is 10.2. The fourth-order valence-electron chi connectivity index (χ4n) is 2.10. The maximum atomic E-state index is 12.3. The van der Waals surface area contributed by atoms with E-state index in [0.717, 1.165) is 19.1 Å². The Hall–Kier alpha value is -3.44. The van der Waals surface area contributed by atoms with Crippen molar-refractivity contribution in [2.75, 3.05) is 5.32 Å². The molecule has 0 heterocycles. The molecule has 3 N–H and O–H groups in total. The van der Waals surface area contributed by atoms with Crippen molar-refractivity contribution in [2.24, 2.45) is 10.2 Å². The summed E-state index contributed by atoms with van der Waals surface area (Å²) in [5.41, 5.74) is -0.00824. The van der Waals surface area contributed by atoms with E-state index in [1.54, 1.807) is 0 Å². The summed E-state index contributed by atoms with van der Waals surface area (Å²) in [6.07, 6.45) is 0. The molecule has 0 aromatic heterocycles. The Morgan fingerprint density at radius 2 is 1.64 bits per heavy atom. The van der Waals surface area contributed by atoms with Crippen LogP contribution in [0.4, 0.5) is 11.4 Å². The van der Waals surface area contributed by atoms with Crippen LogP contribution in [0.3, 0.4) is 0 Å². The molecule has 0 radical (unpaired) electrons. The molecule has 2 rings (SSSR count). The highest BCUT2D eigenvalue weighted by Crippen LogP contribution is 2.20. The SMILES string of the molecule is CC(=O)C(N=Nc1ccccc1C(=O)O)C(=O)Nc1ccc(S(=O)(=O)O)cc1. The van der Waals surface area contributed by atoms with Gasteiger partial charge in [-0.1, -0.05) is 12.1 Å². The summed E-state index contributed by atoms with van der Waals surface area (Å²) in [7, 11) is -4.38.